The van der Waals surface area contributed by atoms with Gasteiger partial charge in [-0.15, -0.1) is 0 Å². The monoisotopic (exact) mass is 245 g/mol. The Bertz CT molecular complexity index is 446. The van der Waals surface area contributed by atoms with E-state index in [0.717, 1.165) is 0 Å². The van der Waals surface area contributed by atoms with E-state index in [0.29, 0.717) is 0 Å². The van der Waals surface area contributed by atoms with E-state index in [4.69, 9.17) is 5.11 Å². The van der Waals surface area contributed by atoms with Crippen molar-refractivity contribution in [1.29, 1.82) is 0 Å². The van der Waals surface area contributed by atoms with Gasteiger partial charge in [0.1, 0.15) is 0 Å². The van der Waals surface area contributed by atoms with Gasteiger partial charge < -0.3 is 10.4 Å². The Morgan fingerprint density at radius 1 is 1.38 bits per heavy atom. The van der Waals surface area contributed by atoms with Gasteiger partial charge in [-0.1, -0.05) is 6.07 Å². The van der Waals surface area contributed by atoms with E-state index < -0.39 is 16.1 Å². The minimum atomic E-state index is -3.65. The highest BCUT2D eigenvalue weighted by Crippen LogP contribution is 2.01. The van der Waals surface area contributed by atoms with E-state index in [-0.39, 0.29) is 18.1 Å². The molecule has 88 valence electrons. The smallest absolute Gasteiger partial charge is 0.404 e. The Balaban J connectivity index is 2.51. The average molecular weight is 245 g/mol. The number of hydrogen-bond acceptors (Lipinski definition) is 4. The summed E-state index contributed by atoms with van der Waals surface area (Å²) >= 11 is 0. The Morgan fingerprint density at radius 2 is 2.12 bits per heavy atom. The first-order valence-electron chi connectivity index (χ1n) is 4.40. The van der Waals surface area contributed by atoms with Crippen LogP contribution in [-0.2, 0) is 10.0 Å². The van der Waals surface area contributed by atoms with Gasteiger partial charge in [0, 0.05) is 19.3 Å². The molecule has 1 rings (SSSR count). The van der Waals surface area contributed by atoms with Crippen molar-refractivity contribution in [2.24, 2.45) is 0 Å². The normalized spacial score (nSPS) is 11.0. The second-order valence-corrected chi connectivity index (χ2v) is 4.51. The third kappa shape index (κ3) is 3.83. The molecule has 0 spiro atoms. The van der Waals surface area contributed by atoms with Crippen LogP contribution in [0.15, 0.2) is 29.4 Å². The zero-order valence-corrected chi connectivity index (χ0v) is 9.07. The van der Waals surface area contributed by atoms with Crippen molar-refractivity contribution in [3.8, 4) is 0 Å². The Labute approximate surface area is 92.6 Å². The van der Waals surface area contributed by atoms with Crippen molar-refractivity contribution >= 4 is 16.1 Å². The van der Waals surface area contributed by atoms with Crippen LogP contribution < -0.4 is 10.0 Å². The molecule has 0 aliphatic heterocycles. The van der Waals surface area contributed by atoms with E-state index in [1.807, 2.05) is 5.32 Å². The lowest BCUT2D eigenvalue weighted by Crippen LogP contribution is -2.34. The third-order valence-electron chi connectivity index (χ3n) is 1.61. The van der Waals surface area contributed by atoms with Gasteiger partial charge >= 0.3 is 6.09 Å². The number of sulfonamides is 1. The number of pyridine rings is 1. The lowest BCUT2D eigenvalue weighted by Gasteiger charge is -2.05. The van der Waals surface area contributed by atoms with E-state index in [1.54, 1.807) is 12.1 Å². The van der Waals surface area contributed by atoms with Crippen molar-refractivity contribution in [2.45, 2.75) is 5.03 Å². The van der Waals surface area contributed by atoms with Gasteiger partial charge in [0.15, 0.2) is 5.03 Å². The molecule has 0 aromatic carbocycles. The van der Waals surface area contributed by atoms with Crippen molar-refractivity contribution in [1.82, 2.24) is 15.0 Å². The number of rotatable bonds is 5. The van der Waals surface area contributed by atoms with Gasteiger partial charge in [0.05, 0.1) is 0 Å². The number of nitrogens with zero attached hydrogens (tertiary/aromatic N) is 1. The van der Waals surface area contributed by atoms with Gasteiger partial charge in [-0.05, 0) is 12.1 Å². The summed E-state index contributed by atoms with van der Waals surface area (Å²) in [6.45, 7) is -0.0212. The minimum Gasteiger partial charge on any atom is -0.465 e. The van der Waals surface area contributed by atoms with Crippen molar-refractivity contribution < 1.29 is 18.3 Å². The molecule has 0 aliphatic rings. The van der Waals surface area contributed by atoms with Crippen LogP contribution in [0, 0.1) is 0 Å². The molecule has 1 aromatic heterocycles. The molecule has 0 saturated heterocycles. The molecule has 7 nitrogen and oxygen atoms in total. The molecule has 8 heteroatoms. The largest absolute Gasteiger partial charge is 0.465 e. The topological polar surface area (TPSA) is 108 Å². The molecule has 1 heterocycles. The van der Waals surface area contributed by atoms with Crippen LogP contribution in [0.4, 0.5) is 4.79 Å². The first-order valence-corrected chi connectivity index (χ1v) is 5.88. The number of hydrogen-bond donors (Lipinski definition) is 3. The van der Waals surface area contributed by atoms with Gasteiger partial charge in [0.2, 0.25) is 0 Å². The Hall–Kier alpha value is -1.67. The van der Waals surface area contributed by atoms with E-state index in [2.05, 4.69) is 9.71 Å². The SMILES string of the molecule is O=C(O)NCCNS(=O)(=O)c1ccccn1. The predicted molar refractivity (Wildman–Crippen MR) is 55.5 cm³/mol. The molecule has 16 heavy (non-hydrogen) atoms. The summed E-state index contributed by atoms with van der Waals surface area (Å²) in [6, 6.07) is 4.51. The maximum absolute atomic E-state index is 11.5. The van der Waals surface area contributed by atoms with Crippen LogP contribution in [-0.4, -0.2) is 37.7 Å². The van der Waals surface area contributed by atoms with Crippen LogP contribution >= 0.6 is 0 Å². The highest BCUT2D eigenvalue weighted by molar-refractivity contribution is 7.89. The second-order valence-electron chi connectivity index (χ2n) is 2.80. The fourth-order valence-corrected chi connectivity index (χ4v) is 1.91. The first-order chi connectivity index (χ1) is 7.52. The number of carboxylic acid groups (broad SMARTS) is 1. The molecule has 0 fully saturated rings. The average Bonchev–Trinajstić information content (AvgIpc) is 2.26. The molecule has 1 amide bonds. The molecule has 3 N–H and O–H groups in total. The van der Waals surface area contributed by atoms with Gasteiger partial charge in [-0.25, -0.2) is 22.9 Å². The fraction of sp³-hybridized carbons (Fsp3) is 0.250. The summed E-state index contributed by atoms with van der Waals surface area (Å²) in [5.41, 5.74) is 0. The molecule has 0 radical (unpaired) electrons. The van der Waals surface area contributed by atoms with Crippen LogP contribution in [0.25, 0.3) is 0 Å². The summed E-state index contributed by atoms with van der Waals surface area (Å²) in [7, 11) is -3.65. The standard InChI is InChI=1S/C8H11N3O4S/c12-8(13)10-5-6-11-16(14,15)7-3-1-2-4-9-7/h1-4,10-11H,5-6H2,(H,12,13). The van der Waals surface area contributed by atoms with Crippen LogP contribution in [0.2, 0.25) is 0 Å². The predicted octanol–water partition coefficient (Wildman–Crippen LogP) is -0.373. The highest BCUT2D eigenvalue weighted by Gasteiger charge is 2.13. The van der Waals surface area contributed by atoms with E-state index in [1.165, 1.54) is 12.3 Å². The Kier molecular flexibility index (Phi) is 4.20. The highest BCUT2D eigenvalue weighted by atomic mass is 32.2. The quantitative estimate of drug-likeness (QED) is 0.613. The molecule has 0 saturated carbocycles. The Morgan fingerprint density at radius 3 is 2.69 bits per heavy atom. The molecule has 1 aromatic rings. The van der Waals surface area contributed by atoms with Crippen molar-refractivity contribution in [3.63, 3.8) is 0 Å². The summed E-state index contributed by atoms with van der Waals surface area (Å²) < 4.78 is 25.3. The zero-order valence-electron chi connectivity index (χ0n) is 8.25. The summed E-state index contributed by atoms with van der Waals surface area (Å²) in [5, 5.41) is 10.2. The molecular weight excluding hydrogens is 234 g/mol. The number of carbonyl (C=O) groups is 1. The minimum absolute atomic E-state index is 0.00139. The molecule has 0 atom stereocenters. The summed E-state index contributed by atoms with van der Waals surface area (Å²) in [4.78, 5) is 13.8. The zero-order chi connectivity index (χ0) is 12.0. The molecule has 0 bridgehead atoms. The molecule has 0 aliphatic carbocycles. The maximum atomic E-state index is 11.5. The second kappa shape index (κ2) is 5.42. The maximum Gasteiger partial charge on any atom is 0.404 e. The number of amides is 1. The lowest BCUT2D eigenvalue weighted by atomic mass is 10.5. The van der Waals surface area contributed by atoms with Crippen LogP contribution in [0.1, 0.15) is 0 Å². The van der Waals surface area contributed by atoms with Gasteiger partial charge in [-0.2, -0.15) is 0 Å². The number of aromatic nitrogens is 1. The van der Waals surface area contributed by atoms with Crippen molar-refractivity contribution in [2.75, 3.05) is 13.1 Å². The van der Waals surface area contributed by atoms with Gasteiger partial charge in [-0.3, -0.25) is 0 Å². The first kappa shape index (κ1) is 12.4. The fourth-order valence-electron chi connectivity index (χ4n) is 0.935. The van der Waals surface area contributed by atoms with E-state index >= 15 is 0 Å². The van der Waals surface area contributed by atoms with Crippen LogP contribution in [0.5, 0.6) is 0 Å². The molecular formula is C8H11N3O4S. The summed E-state index contributed by atoms with van der Waals surface area (Å²) in [5.74, 6) is 0. The van der Waals surface area contributed by atoms with Crippen LogP contribution in [0.3, 0.4) is 0 Å². The van der Waals surface area contributed by atoms with E-state index in [9.17, 15) is 13.2 Å². The van der Waals surface area contributed by atoms with Gasteiger partial charge in [0.25, 0.3) is 10.0 Å². The van der Waals surface area contributed by atoms with Crippen molar-refractivity contribution in [3.05, 3.63) is 24.4 Å². The third-order valence-corrected chi connectivity index (χ3v) is 2.98. The molecule has 0 unspecified atom stereocenters. The summed E-state index contributed by atoms with van der Waals surface area (Å²) in [6.07, 6.45) is 0.168. The number of nitrogens with one attached hydrogen (secondary N) is 2. The lowest BCUT2D eigenvalue weighted by molar-refractivity contribution is 0.194.